The van der Waals surface area contributed by atoms with Crippen LogP contribution >= 0.6 is 0 Å². The van der Waals surface area contributed by atoms with Gasteiger partial charge in [0.05, 0.1) is 18.4 Å². The van der Waals surface area contributed by atoms with Crippen LogP contribution in [0.4, 0.5) is 0 Å². The fraction of sp³-hybridized carbons (Fsp3) is 0.625. The predicted octanol–water partition coefficient (Wildman–Crippen LogP) is 1.37. The van der Waals surface area contributed by atoms with Gasteiger partial charge < -0.3 is 9.30 Å². The molecular formula is C16H22N6O. The summed E-state index contributed by atoms with van der Waals surface area (Å²) in [6.45, 7) is 5.94. The van der Waals surface area contributed by atoms with Gasteiger partial charge in [-0.1, -0.05) is 0 Å². The molecule has 0 bridgehead atoms. The van der Waals surface area contributed by atoms with E-state index in [1.54, 1.807) is 12.4 Å². The van der Waals surface area contributed by atoms with Crippen LogP contribution in [0.25, 0.3) is 0 Å². The Morgan fingerprint density at radius 1 is 1.17 bits per heavy atom. The monoisotopic (exact) mass is 314 g/mol. The molecule has 2 aromatic rings. The van der Waals surface area contributed by atoms with Crippen LogP contribution in [0, 0.1) is 6.92 Å². The Kier molecular flexibility index (Phi) is 3.95. The van der Waals surface area contributed by atoms with E-state index in [9.17, 15) is 0 Å². The van der Waals surface area contributed by atoms with Crippen LogP contribution in [0.5, 0.6) is 5.88 Å². The maximum atomic E-state index is 5.96. The summed E-state index contributed by atoms with van der Waals surface area (Å²) in [5, 5.41) is 8.64. The first-order valence-electron chi connectivity index (χ1n) is 8.36. The summed E-state index contributed by atoms with van der Waals surface area (Å²) >= 11 is 0. The second-order valence-corrected chi connectivity index (χ2v) is 6.38. The molecule has 0 spiro atoms. The van der Waals surface area contributed by atoms with Crippen molar-refractivity contribution in [3.8, 4) is 5.88 Å². The van der Waals surface area contributed by atoms with Crippen molar-refractivity contribution < 1.29 is 4.74 Å². The fourth-order valence-corrected chi connectivity index (χ4v) is 3.38. The van der Waals surface area contributed by atoms with Crippen molar-refractivity contribution in [2.75, 3.05) is 13.1 Å². The number of aromatic nitrogens is 5. The molecule has 0 aliphatic carbocycles. The van der Waals surface area contributed by atoms with Gasteiger partial charge >= 0.3 is 0 Å². The van der Waals surface area contributed by atoms with Crippen LogP contribution in [-0.2, 0) is 19.5 Å². The van der Waals surface area contributed by atoms with Crippen LogP contribution < -0.4 is 4.74 Å². The molecule has 7 nitrogen and oxygen atoms in total. The summed E-state index contributed by atoms with van der Waals surface area (Å²) < 4.78 is 8.24. The number of hydrogen-bond donors (Lipinski definition) is 0. The van der Waals surface area contributed by atoms with Gasteiger partial charge in [0.15, 0.2) is 0 Å². The topological polar surface area (TPSA) is 69.0 Å². The Morgan fingerprint density at radius 3 is 2.87 bits per heavy atom. The van der Waals surface area contributed by atoms with Crippen LogP contribution in [0.2, 0.25) is 0 Å². The summed E-state index contributed by atoms with van der Waals surface area (Å²) in [6, 6.07) is 0. The SMILES string of the molecule is Cc1cncc(OC2CCN(Cc3nnc4n3CCC4)CC2)n1. The number of hydrogen-bond acceptors (Lipinski definition) is 6. The lowest BCUT2D eigenvalue weighted by molar-refractivity contribution is 0.0908. The van der Waals surface area contributed by atoms with Crippen LogP contribution in [0.15, 0.2) is 12.4 Å². The van der Waals surface area contributed by atoms with E-state index < -0.39 is 0 Å². The summed E-state index contributed by atoms with van der Waals surface area (Å²) in [6.07, 6.45) is 7.95. The zero-order valence-corrected chi connectivity index (χ0v) is 13.5. The molecule has 1 saturated heterocycles. The molecule has 0 aromatic carbocycles. The number of ether oxygens (including phenoxy) is 1. The van der Waals surface area contributed by atoms with E-state index >= 15 is 0 Å². The lowest BCUT2D eigenvalue weighted by atomic mass is 10.1. The molecule has 122 valence electrons. The maximum Gasteiger partial charge on any atom is 0.232 e. The fourth-order valence-electron chi connectivity index (χ4n) is 3.38. The molecule has 23 heavy (non-hydrogen) atoms. The number of piperidine rings is 1. The Labute approximate surface area is 135 Å². The molecule has 1 fully saturated rings. The molecule has 0 N–H and O–H groups in total. The third kappa shape index (κ3) is 3.19. The first-order chi connectivity index (χ1) is 11.3. The number of aryl methyl sites for hydroxylation is 2. The lowest BCUT2D eigenvalue weighted by Crippen LogP contribution is -2.38. The quantitative estimate of drug-likeness (QED) is 0.849. The van der Waals surface area contributed by atoms with Gasteiger partial charge in [-0.25, -0.2) is 4.98 Å². The van der Waals surface area contributed by atoms with Crippen molar-refractivity contribution in [3.05, 3.63) is 29.7 Å². The average molecular weight is 314 g/mol. The molecule has 2 aromatic heterocycles. The van der Waals surface area contributed by atoms with Gasteiger partial charge in [-0.15, -0.1) is 10.2 Å². The van der Waals surface area contributed by atoms with Crippen molar-refractivity contribution in [2.45, 2.75) is 51.8 Å². The third-order valence-electron chi connectivity index (χ3n) is 4.61. The van der Waals surface area contributed by atoms with Gasteiger partial charge in [-0.05, 0) is 26.2 Å². The van der Waals surface area contributed by atoms with Crippen molar-refractivity contribution in [1.29, 1.82) is 0 Å². The van der Waals surface area contributed by atoms with E-state index in [0.717, 1.165) is 62.8 Å². The van der Waals surface area contributed by atoms with Gasteiger partial charge in [0.1, 0.15) is 17.8 Å². The van der Waals surface area contributed by atoms with Crippen molar-refractivity contribution >= 4 is 0 Å². The number of nitrogens with zero attached hydrogens (tertiary/aromatic N) is 6. The van der Waals surface area contributed by atoms with Crippen molar-refractivity contribution in [3.63, 3.8) is 0 Å². The van der Waals surface area contributed by atoms with Crippen LogP contribution in [0.1, 0.15) is 36.6 Å². The molecule has 0 amide bonds. The Morgan fingerprint density at radius 2 is 2.04 bits per heavy atom. The van der Waals surface area contributed by atoms with Gasteiger partial charge in [0.2, 0.25) is 5.88 Å². The molecule has 0 radical (unpaired) electrons. The second kappa shape index (κ2) is 6.23. The summed E-state index contributed by atoms with van der Waals surface area (Å²) in [5.41, 5.74) is 0.889. The molecule has 4 heterocycles. The first kappa shape index (κ1) is 14.6. The molecule has 2 aliphatic rings. The minimum atomic E-state index is 0.228. The molecule has 4 rings (SSSR count). The molecule has 0 saturated carbocycles. The van der Waals surface area contributed by atoms with Gasteiger partial charge in [0, 0.05) is 32.3 Å². The number of fused-ring (bicyclic) bond motifs is 1. The molecule has 2 aliphatic heterocycles. The highest BCUT2D eigenvalue weighted by Crippen LogP contribution is 2.20. The van der Waals surface area contributed by atoms with E-state index in [0.29, 0.717) is 5.88 Å². The highest BCUT2D eigenvalue weighted by Gasteiger charge is 2.24. The van der Waals surface area contributed by atoms with E-state index in [-0.39, 0.29) is 6.10 Å². The number of likely N-dealkylation sites (tertiary alicyclic amines) is 1. The smallest absolute Gasteiger partial charge is 0.232 e. The van der Waals surface area contributed by atoms with Gasteiger partial charge in [-0.2, -0.15) is 0 Å². The lowest BCUT2D eigenvalue weighted by Gasteiger charge is -2.31. The maximum absolute atomic E-state index is 5.96. The standard InChI is InChI=1S/C16H22N6O/c1-12-9-17-10-16(18-12)23-13-4-7-21(8-5-13)11-15-20-19-14-3-2-6-22(14)15/h9-10,13H,2-8,11H2,1H3. The largest absolute Gasteiger partial charge is 0.473 e. The highest BCUT2D eigenvalue weighted by atomic mass is 16.5. The summed E-state index contributed by atoms with van der Waals surface area (Å²) in [4.78, 5) is 10.9. The second-order valence-electron chi connectivity index (χ2n) is 6.38. The van der Waals surface area contributed by atoms with Crippen LogP contribution in [-0.4, -0.2) is 48.8 Å². The summed E-state index contributed by atoms with van der Waals surface area (Å²) in [7, 11) is 0. The van der Waals surface area contributed by atoms with Gasteiger partial charge in [-0.3, -0.25) is 9.88 Å². The predicted molar refractivity (Wildman–Crippen MR) is 84.0 cm³/mol. The number of rotatable bonds is 4. The van der Waals surface area contributed by atoms with Crippen molar-refractivity contribution in [2.24, 2.45) is 0 Å². The van der Waals surface area contributed by atoms with E-state index in [2.05, 4.69) is 29.6 Å². The molecule has 0 atom stereocenters. The minimum Gasteiger partial charge on any atom is -0.473 e. The van der Waals surface area contributed by atoms with Crippen LogP contribution in [0.3, 0.4) is 0 Å². The Hall–Kier alpha value is -2.02. The van der Waals surface area contributed by atoms with E-state index in [1.165, 1.54) is 6.42 Å². The Balaban J connectivity index is 1.30. The highest BCUT2D eigenvalue weighted by molar-refractivity contribution is 5.07. The minimum absolute atomic E-state index is 0.228. The molecule has 7 heteroatoms. The zero-order valence-electron chi connectivity index (χ0n) is 13.5. The van der Waals surface area contributed by atoms with Gasteiger partial charge in [0.25, 0.3) is 0 Å². The molecular weight excluding hydrogens is 292 g/mol. The average Bonchev–Trinajstić information content (AvgIpc) is 3.14. The Bertz CT molecular complexity index is 677. The third-order valence-corrected chi connectivity index (χ3v) is 4.61. The van der Waals surface area contributed by atoms with E-state index in [1.807, 2.05) is 6.92 Å². The first-order valence-corrected chi connectivity index (χ1v) is 8.36. The van der Waals surface area contributed by atoms with Crippen molar-refractivity contribution in [1.82, 2.24) is 29.6 Å². The van der Waals surface area contributed by atoms with E-state index in [4.69, 9.17) is 4.74 Å². The normalized spacial score (nSPS) is 19.0. The molecule has 0 unspecified atom stereocenters. The summed E-state index contributed by atoms with van der Waals surface area (Å²) in [5.74, 6) is 2.90. The zero-order chi connectivity index (χ0) is 15.6.